The van der Waals surface area contributed by atoms with Crippen LogP contribution in [0.4, 0.5) is 0 Å². The number of hydrogen-bond acceptors (Lipinski definition) is 5. The summed E-state index contributed by atoms with van der Waals surface area (Å²) in [4.78, 5) is 12.1. The zero-order valence-electron chi connectivity index (χ0n) is 14.3. The molecule has 7 nitrogen and oxygen atoms in total. The molecular formula is C17H22N4O3S. The largest absolute Gasteiger partial charge is 0.385 e. The van der Waals surface area contributed by atoms with Gasteiger partial charge in [0.15, 0.2) is 0 Å². The first-order valence-corrected chi connectivity index (χ1v) is 10.5. The molecule has 3 aromatic rings. The lowest BCUT2D eigenvalue weighted by molar-refractivity contribution is 0.178. The number of fused-ring (bicyclic) bond motifs is 3. The molecule has 3 heterocycles. The third kappa shape index (κ3) is 2.73. The quantitative estimate of drug-likeness (QED) is 0.745. The molecule has 0 radical (unpaired) electrons. The average molecular weight is 362 g/mol. The number of aromatic nitrogens is 4. The van der Waals surface area contributed by atoms with Crippen molar-refractivity contribution < 1.29 is 13.5 Å². The van der Waals surface area contributed by atoms with E-state index >= 15 is 0 Å². The molecule has 1 saturated carbocycles. The number of imidazole rings is 1. The lowest BCUT2D eigenvalue weighted by Crippen LogP contribution is -2.28. The predicted octanol–water partition coefficient (Wildman–Crippen LogP) is 2.49. The summed E-state index contributed by atoms with van der Waals surface area (Å²) in [6, 6.07) is 2.10. The van der Waals surface area contributed by atoms with Crippen molar-refractivity contribution in [3.63, 3.8) is 0 Å². The van der Waals surface area contributed by atoms with Gasteiger partial charge in [-0.1, -0.05) is 0 Å². The molecule has 1 aliphatic rings. The fourth-order valence-corrected chi connectivity index (χ4v) is 5.13. The van der Waals surface area contributed by atoms with Crippen LogP contribution in [0.25, 0.3) is 22.1 Å². The smallest absolute Gasteiger partial charge is 0.150 e. The van der Waals surface area contributed by atoms with Crippen LogP contribution < -0.4 is 0 Å². The summed E-state index contributed by atoms with van der Waals surface area (Å²) in [5.74, 6) is 0.619. The van der Waals surface area contributed by atoms with E-state index in [4.69, 9.17) is 0 Å². The molecule has 0 unspecified atom stereocenters. The molecule has 0 bridgehead atoms. The molecule has 1 aliphatic carbocycles. The van der Waals surface area contributed by atoms with Crippen molar-refractivity contribution in [3.8, 4) is 0 Å². The summed E-state index contributed by atoms with van der Waals surface area (Å²) in [5, 5.41) is 10.9. The second kappa shape index (κ2) is 5.81. The predicted molar refractivity (Wildman–Crippen MR) is 96.2 cm³/mol. The van der Waals surface area contributed by atoms with Gasteiger partial charge < -0.3 is 14.7 Å². The second-order valence-corrected chi connectivity index (χ2v) is 9.33. The van der Waals surface area contributed by atoms with Crippen molar-refractivity contribution in [3.05, 3.63) is 24.3 Å². The first kappa shape index (κ1) is 16.5. The monoisotopic (exact) mass is 362 g/mol. The van der Waals surface area contributed by atoms with E-state index in [9.17, 15) is 13.5 Å². The van der Waals surface area contributed by atoms with Crippen LogP contribution in [-0.4, -0.2) is 44.5 Å². The van der Waals surface area contributed by atoms with Gasteiger partial charge in [0.05, 0.1) is 17.0 Å². The molecule has 8 heteroatoms. The standard InChI is InChI=1S/C17H22N4O3S/c1-10(22)17-20-14-9-19-16-13(7-8-18-16)15(14)21(17)11-3-5-12(6-4-11)25(2,23)24/h7-12,22H,3-6H2,1-2H3,(H,18,19)/t10-,11?,12?/m1/s1. The van der Waals surface area contributed by atoms with Crippen molar-refractivity contribution in [1.82, 2.24) is 19.5 Å². The van der Waals surface area contributed by atoms with E-state index in [1.165, 1.54) is 6.26 Å². The van der Waals surface area contributed by atoms with Crippen molar-refractivity contribution in [2.24, 2.45) is 0 Å². The number of aliphatic hydroxyl groups is 1. The van der Waals surface area contributed by atoms with E-state index < -0.39 is 15.9 Å². The summed E-state index contributed by atoms with van der Waals surface area (Å²) in [6.45, 7) is 1.71. The maximum Gasteiger partial charge on any atom is 0.150 e. The summed E-state index contributed by atoms with van der Waals surface area (Å²) in [7, 11) is -3.00. The molecule has 2 N–H and O–H groups in total. The van der Waals surface area contributed by atoms with Gasteiger partial charge in [-0.15, -0.1) is 0 Å². The van der Waals surface area contributed by atoms with Crippen LogP contribution in [0.3, 0.4) is 0 Å². The topological polar surface area (TPSA) is 101 Å². The third-order valence-corrected chi connectivity index (χ3v) is 6.93. The normalized spacial score (nSPS) is 23.3. The van der Waals surface area contributed by atoms with Gasteiger partial charge in [0.1, 0.15) is 32.9 Å². The molecular weight excluding hydrogens is 340 g/mol. The van der Waals surface area contributed by atoms with Crippen molar-refractivity contribution in [1.29, 1.82) is 0 Å². The summed E-state index contributed by atoms with van der Waals surface area (Å²) in [5.41, 5.74) is 2.51. The minimum atomic E-state index is -3.00. The first-order chi connectivity index (χ1) is 11.9. The Morgan fingerprint density at radius 2 is 2.04 bits per heavy atom. The number of nitrogens with zero attached hydrogens (tertiary/aromatic N) is 3. The number of pyridine rings is 1. The molecule has 0 aromatic carbocycles. The minimum absolute atomic E-state index is 0.132. The van der Waals surface area contributed by atoms with E-state index in [1.807, 2.05) is 12.3 Å². The molecule has 1 atom stereocenters. The second-order valence-electron chi connectivity index (χ2n) is 7.01. The Kier molecular flexibility index (Phi) is 3.84. The number of rotatable bonds is 3. The van der Waals surface area contributed by atoms with Gasteiger partial charge >= 0.3 is 0 Å². The highest BCUT2D eigenvalue weighted by atomic mass is 32.2. The molecule has 0 spiro atoms. The number of sulfone groups is 1. The number of aromatic amines is 1. The highest BCUT2D eigenvalue weighted by Crippen LogP contribution is 2.37. The first-order valence-electron chi connectivity index (χ1n) is 8.57. The van der Waals surface area contributed by atoms with Gasteiger partial charge in [-0.05, 0) is 38.7 Å². The van der Waals surface area contributed by atoms with Gasteiger partial charge in [0.25, 0.3) is 0 Å². The lowest BCUT2D eigenvalue weighted by atomic mass is 9.94. The minimum Gasteiger partial charge on any atom is -0.385 e. The Morgan fingerprint density at radius 3 is 2.68 bits per heavy atom. The lowest BCUT2D eigenvalue weighted by Gasteiger charge is -2.30. The Hall–Kier alpha value is -1.93. The fraction of sp³-hybridized carbons (Fsp3) is 0.529. The summed E-state index contributed by atoms with van der Waals surface area (Å²) < 4.78 is 25.8. The van der Waals surface area contributed by atoms with Crippen LogP contribution >= 0.6 is 0 Å². The van der Waals surface area contributed by atoms with Gasteiger partial charge in [0, 0.05) is 23.9 Å². The molecule has 4 rings (SSSR count). The van der Waals surface area contributed by atoms with E-state index in [0.717, 1.165) is 34.9 Å². The van der Waals surface area contributed by atoms with Crippen LogP contribution in [0.15, 0.2) is 18.5 Å². The number of H-pyrrole nitrogens is 1. The highest BCUT2D eigenvalue weighted by molar-refractivity contribution is 7.91. The van der Waals surface area contributed by atoms with Crippen LogP contribution in [0.1, 0.15) is 50.6 Å². The molecule has 25 heavy (non-hydrogen) atoms. The molecule has 0 aliphatic heterocycles. The van der Waals surface area contributed by atoms with Crippen molar-refractivity contribution >= 4 is 31.9 Å². The van der Waals surface area contributed by atoms with Crippen molar-refractivity contribution in [2.75, 3.05) is 6.26 Å². The summed E-state index contributed by atoms with van der Waals surface area (Å²) >= 11 is 0. The molecule has 0 amide bonds. The van der Waals surface area contributed by atoms with Crippen LogP contribution in [0, 0.1) is 0 Å². The van der Waals surface area contributed by atoms with Crippen molar-refractivity contribution in [2.45, 2.75) is 50.0 Å². The fourth-order valence-electron chi connectivity index (χ4n) is 4.01. The maximum atomic E-state index is 11.8. The van der Waals surface area contributed by atoms with E-state index in [0.29, 0.717) is 18.7 Å². The van der Waals surface area contributed by atoms with E-state index in [2.05, 4.69) is 19.5 Å². The molecule has 134 valence electrons. The Bertz CT molecular complexity index is 1030. The maximum absolute atomic E-state index is 11.8. The Labute approximate surface area is 146 Å². The molecule has 3 aromatic heterocycles. The Balaban J connectivity index is 1.83. The van der Waals surface area contributed by atoms with Gasteiger partial charge in [-0.3, -0.25) is 0 Å². The van der Waals surface area contributed by atoms with Gasteiger partial charge in [0.2, 0.25) is 0 Å². The van der Waals surface area contributed by atoms with Gasteiger partial charge in [-0.25, -0.2) is 18.4 Å². The highest BCUT2D eigenvalue weighted by Gasteiger charge is 2.31. The molecule has 0 saturated heterocycles. The summed E-state index contributed by atoms with van der Waals surface area (Å²) in [6.07, 6.45) is 6.99. The van der Waals surface area contributed by atoms with Crippen LogP contribution in [-0.2, 0) is 9.84 Å². The molecule has 1 fully saturated rings. The number of aliphatic hydroxyl groups excluding tert-OH is 1. The Morgan fingerprint density at radius 1 is 1.32 bits per heavy atom. The van der Waals surface area contributed by atoms with E-state index in [-0.39, 0.29) is 11.3 Å². The zero-order valence-corrected chi connectivity index (χ0v) is 15.1. The average Bonchev–Trinajstić information content (AvgIpc) is 3.17. The number of nitrogens with one attached hydrogen (secondary N) is 1. The van der Waals surface area contributed by atoms with Gasteiger partial charge in [-0.2, -0.15) is 0 Å². The SMILES string of the molecule is C[C@@H](O)c1nc2cnc3[nH]ccc3c2n1C1CCC(S(C)(=O)=O)CC1. The van der Waals surface area contributed by atoms with Crippen LogP contribution in [0.2, 0.25) is 0 Å². The number of hydrogen-bond donors (Lipinski definition) is 2. The van der Waals surface area contributed by atoms with E-state index in [1.54, 1.807) is 13.1 Å². The zero-order chi connectivity index (χ0) is 17.8. The third-order valence-electron chi connectivity index (χ3n) is 5.25. The van der Waals surface area contributed by atoms with Crippen LogP contribution in [0.5, 0.6) is 0 Å².